The van der Waals surface area contributed by atoms with E-state index in [2.05, 4.69) is 76.1 Å². The van der Waals surface area contributed by atoms with E-state index in [1.165, 1.54) is 27.8 Å². The van der Waals surface area contributed by atoms with Gasteiger partial charge in [-0.05, 0) is 87.0 Å². The number of hydrogen-bond donors (Lipinski definition) is 1. The molecule has 1 N–H and O–H groups in total. The van der Waals surface area contributed by atoms with Gasteiger partial charge in [0.15, 0.2) is 0 Å². The van der Waals surface area contributed by atoms with Crippen LogP contribution >= 0.6 is 0 Å². The molecule has 5 rings (SSSR count). The number of rotatable bonds is 2. The number of carbonyl (C=O) groups is 1. The first-order chi connectivity index (χ1) is 15.6. The van der Waals surface area contributed by atoms with Crippen molar-refractivity contribution in [3.8, 4) is 0 Å². The number of fused-ring (bicyclic) bond motifs is 1. The Hall–Kier alpha value is -1.97. The second-order valence-electron chi connectivity index (χ2n) is 11.4. The highest BCUT2D eigenvalue weighted by molar-refractivity contribution is 5.88. The molecule has 0 aromatic heterocycles. The van der Waals surface area contributed by atoms with Crippen LogP contribution in [0.5, 0.6) is 0 Å². The molecule has 1 heterocycles. The zero-order valence-electron chi connectivity index (χ0n) is 21.7. The molecule has 2 aromatic rings. The average Bonchev–Trinajstić information content (AvgIpc) is 2.78. The van der Waals surface area contributed by atoms with Gasteiger partial charge in [-0.15, -0.1) is 0 Å². The van der Waals surface area contributed by atoms with Gasteiger partial charge in [0.25, 0.3) is 0 Å². The summed E-state index contributed by atoms with van der Waals surface area (Å²) in [5, 5.41) is 3.08. The fraction of sp³-hybridized carbons (Fsp3) is 0.567. The van der Waals surface area contributed by atoms with Crippen LogP contribution in [0.25, 0.3) is 0 Å². The van der Waals surface area contributed by atoms with Gasteiger partial charge in [0.05, 0.1) is 0 Å². The molecule has 1 aliphatic heterocycles. The molecule has 178 valence electrons. The van der Waals surface area contributed by atoms with Crippen molar-refractivity contribution in [3.63, 3.8) is 0 Å². The second kappa shape index (κ2) is 8.67. The lowest BCUT2D eigenvalue weighted by Crippen LogP contribution is -2.72. The van der Waals surface area contributed by atoms with Crippen molar-refractivity contribution in [2.75, 3.05) is 20.6 Å². The molecular weight excluding hydrogens is 404 g/mol. The van der Waals surface area contributed by atoms with Crippen LogP contribution in [0.2, 0.25) is 0 Å². The van der Waals surface area contributed by atoms with Crippen molar-refractivity contribution in [3.05, 3.63) is 70.3 Å². The Morgan fingerprint density at radius 3 is 2.39 bits per heavy atom. The molecule has 2 fully saturated rings. The topological polar surface area (TPSA) is 32.3 Å². The van der Waals surface area contributed by atoms with E-state index in [0.29, 0.717) is 11.8 Å². The fourth-order valence-electron chi connectivity index (χ4n) is 7.64. The van der Waals surface area contributed by atoms with E-state index in [1.807, 2.05) is 25.2 Å². The minimum Gasteiger partial charge on any atom is -0.316 e. The number of likely N-dealkylation sites (tertiary alicyclic amines) is 1. The quantitative estimate of drug-likeness (QED) is 0.651. The summed E-state index contributed by atoms with van der Waals surface area (Å²) in [6.07, 6.45) is 4.02. The molecule has 3 aliphatic rings. The molecule has 3 heteroatoms. The number of hydrogen-bond acceptors (Lipinski definition) is 3. The molecule has 1 saturated heterocycles. The normalized spacial score (nSPS) is 30.0. The first kappa shape index (κ1) is 24.2. The van der Waals surface area contributed by atoms with Gasteiger partial charge in [0.1, 0.15) is 5.78 Å². The Bertz CT molecular complexity index is 1030. The van der Waals surface area contributed by atoms with E-state index in [-0.39, 0.29) is 16.2 Å². The molecule has 0 radical (unpaired) electrons. The van der Waals surface area contributed by atoms with Gasteiger partial charge in [0.2, 0.25) is 0 Å². The molecule has 33 heavy (non-hydrogen) atoms. The summed E-state index contributed by atoms with van der Waals surface area (Å²) in [7, 11) is 4.24. The number of nitrogens with one attached hydrogen (secondary N) is 1. The maximum atomic E-state index is 13.1. The molecule has 1 unspecified atom stereocenters. The molecule has 1 saturated carbocycles. The van der Waals surface area contributed by atoms with E-state index < -0.39 is 0 Å². The summed E-state index contributed by atoms with van der Waals surface area (Å²) in [4.78, 5) is 15.7. The summed E-state index contributed by atoms with van der Waals surface area (Å²) < 4.78 is 0. The van der Waals surface area contributed by atoms with Gasteiger partial charge in [-0.25, -0.2) is 0 Å². The lowest BCUT2D eigenvalue weighted by molar-refractivity contribution is -0.162. The number of nitrogens with zero attached hydrogens (tertiary/aromatic N) is 1. The number of carbonyl (C=O) groups excluding carboxylic acids is 1. The van der Waals surface area contributed by atoms with Crippen LogP contribution < -0.4 is 5.32 Å². The number of ketones is 1. The van der Waals surface area contributed by atoms with Crippen LogP contribution in [-0.4, -0.2) is 37.4 Å². The van der Waals surface area contributed by atoms with E-state index in [0.717, 1.165) is 38.8 Å². The van der Waals surface area contributed by atoms with Gasteiger partial charge in [-0.3, -0.25) is 4.79 Å². The smallest absolute Gasteiger partial charge is 0.139 e. The summed E-state index contributed by atoms with van der Waals surface area (Å²) in [5.74, 6) is 0.469. The third kappa shape index (κ3) is 3.51. The third-order valence-electron chi connectivity index (χ3n) is 9.60. The maximum Gasteiger partial charge on any atom is 0.139 e. The first-order valence-electron chi connectivity index (χ1n) is 12.6. The van der Waals surface area contributed by atoms with Crippen molar-refractivity contribution in [1.29, 1.82) is 0 Å². The SMILES string of the molecule is CNCc1ccccc1.Cc1ccc2c(c1C)[C@]13CCN(C)[C@H](C2)C1(C)CCC(=O)C3(C)C. The lowest BCUT2D eigenvalue weighted by Gasteiger charge is -2.69. The highest BCUT2D eigenvalue weighted by Crippen LogP contribution is 2.68. The standard InChI is InChI=1S/C22H31NO.C8H11N/c1-14-7-8-16-13-17-21(5)10-9-18(24)20(3,4)22(21,11-12-23(17)6)19(16)15(14)2;1-9-7-8-5-3-2-4-6-8/h7-8,17H,9-13H2,1-6H3;2-6,9H,7H2,1H3/t17-,21?,22+;/m1./s1. The van der Waals surface area contributed by atoms with E-state index in [1.54, 1.807) is 0 Å². The minimum atomic E-state index is -0.284. The van der Waals surface area contributed by atoms with E-state index in [4.69, 9.17) is 0 Å². The van der Waals surface area contributed by atoms with Gasteiger partial charge >= 0.3 is 0 Å². The zero-order chi connectivity index (χ0) is 24.0. The molecule has 0 spiro atoms. The largest absolute Gasteiger partial charge is 0.316 e. The number of aryl methyl sites for hydroxylation is 1. The zero-order valence-corrected chi connectivity index (χ0v) is 21.7. The van der Waals surface area contributed by atoms with Crippen molar-refractivity contribution >= 4 is 5.78 Å². The molecule has 2 bridgehead atoms. The van der Waals surface area contributed by atoms with Crippen LogP contribution in [0.4, 0.5) is 0 Å². The molecule has 3 nitrogen and oxygen atoms in total. The third-order valence-corrected chi connectivity index (χ3v) is 9.60. The van der Waals surface area contributed by atoms with Gasteiger partial charge < -0.3 is 10.2 Å². The van der Waals surface area contributed by atoms with Gasteiger partial charge in [0, 0.05) is 29.8 Å². The number of Topliss-reactive ketones (excluding diaryl/α,β-unsaturated/α-hetero) is 1. The predicted octanol–water partition coefficient (Wildman–Crippen LogP) is 5.60. The van der Waals surface area contributed by atoms with Gasteiger partial charge in [-0.1, -0.05) is 63.2 Å². The van der Waals surface area contributed by atoms with E-state index in [9.17, 15) is 4.79 Å². The Labute approximate surface area is 201 Å². The molecule has 3 atom stereocenters. The van der Waals surface area contributed by atoms with Crippen LogP contribution in [0.1, 0.15) is 67.9 Å². The predicted molar refractivity (Wildman–Crippen MR) is 138 cm³/mol. The average molecular weight is 447 g/mol. The summed E-state index contributed by atoms with van der Waals surface area (Å²) >= 11 is 0. The van der Waals surface area contributed by atoms with Gasteiger partial charge in [-0.2, -0.15) is 0 Å². The molecule has 0 amide bonds. The van der Waals surface area contributed by atoms with Crippen molar-refractivity contribution < 1.29 is 4.79 Å². The van der Waals surface area contributed by atoms with Crippen LogP contribution in [0.15, 0.2) is 42.5 Å². The number of likely N-dealkylation sites (N-methyl/N-ethyl adjacent to an activating group) is 1. The van der Waals surface area contributed by atoms with Crippen molar-refractivity contribution in [2.45, 2.75) is 78.3 Å². The molecular formula is C30H42N2O. The molecule has 2 aromatic carbocycles. The fourth-order valence-corrected chi connectivity index (χ4v) is 7.64. The lowest BCUT2D eigenvalue weighted by atomic mass is 9.37. The highest BCUT2D eigenvalue weighted by atomic mass is 16.1. The maximum absolute atomic E-state index is 13.1. The van der Waals surface area contributed by atoms with Crippen LogP contribution in [0, 0.1) is 24.7 Å². The highest BCUT2D eigenvalue weighted by Gasteiger charge is 2.69. The Morgan fingerprint density at radius 1 is 1.03 bits per heavy atom. The Kier molecular flexibility index (Phi) is 6.35. The molecule has 2 aliphatic carbocycles. The summed E-state index contributed by atoms with van der Waals surface area (Å²) in [6, 6.07) is 15.5. The Morgan fingerprint density at radius 2 is 1.73 bits per heavy atom. The Balaban J connectivity index is 0.000000243. The first-order valence-corrected chi connectivity index (χ1v) is 12.6. The van der Waals surface area contributed by atoms with Crippen LogP contribution in [-0.2, 0) is 23.2 Å². The summed E-state index contributed by atoms with van der Waals surface area (Å²) in [6.45, 7) is 13.5. The van der Waals surface area contributed by atoms with Crippen molar-refractivity contribution in [1.82, 2.24) is 10.2 Å². The number of benzene rings is 2. The second-order valence-corrected chi connectivity index (χ2v) is 11.4. The monoisotopic (exact) mass is 446 g/mol. The summed E-state index contributed by atoms with van der Waals surface area (Å²) in [5.41, 5.74) is 7.05. The van der Waals surface area contributed by atoms with Crippen LogP contribution in [0.3, 0.4) is 0 Å². The van der Waals surface area contributed by atoms with E-state index >= 15 is 0 Å². The van der Waals surface area contributed by atoms with Crippen molar-refractivity contribution in [2.24, 2.45) is 10.8 Å². The number of piperidine rings is 1. The minimum absolute atomic E-state index is 0.0177.